The number of carbonyl (C=O) groups is 1. The van der Waals surface area contributed by atoms with Crippen LogP contribution in [-0.4, -0.2) is 33.4 Å². The lowest BCUT2D eigenvalue weighted by Crippen LogP contribution is -2.11. The molecule has 1 amide bonds. The predicted molar refractivity (Wildman–Crippen MR) is 81.5 cm³/mol. The van der Waals surface area contributed by atoms with Crippen molar-refractivity contribution in [2.24, 2.45) is 5.73 Å². The Morgan fingerprint density at radius 3 is 2.86 bits per heavy atom. The van der Waals surface area contributed by atoms with Crippen molar-refractivity contribution in [3.05, 3.63) is 18.0 Å². The number of ether oxygens (including phenoxy) is 1. The van der Waals surface area contributed by atoms with Crippen molar-refractivity contribution in [3.63, 3.8) is 0 Å². The molecule has 0 spiro atoms. The second-order valence-corrected chi connectivity index (χ2v) is 5.12. The highest BCUT2D eigenvalue weighted by Crippen LogP contribution is 2.19. The van der Waals surface area contributed by atoms with Crippen molar-refractivity contribution in [2.45, 2.75) is 32.2 Å². The molecule has 0 saturated carbocycles. The highest BCUT2D eigenvalue weighted by molar-refractivity contribution is 6.17. The SMILES string of the molecule is COc1ccc2nc(CCCl)n(CCCCC(N)=O)c2n1. The second-order valence-electron chi connectivity index (χ2n) is 4.74. The van der Waals surface area contributed by atoms with Crippen molar-refractivity contribution in [1.29, 1.82) is 0 Å². The Hall–Kier alpha value is -1.82. The number of hydrogen-bond donors (Lipinski definition) is 1. The molecule has 2 rings (SSSR count). The zero-order valence-corrected chi connectivity index (χ0v) is 12.8. The molecule has 0 bridgehead atoms. The number of hydrogen-bond acceptors (Lipinski definition) is 4. The van der Waals surface area contributed by atoms with Crippen LogP contribution in [0.3, 0.4) is 0 Å². The van der Waals surface area contributed by atoms with Crippen LogP contribution in [0.15, 0.2) is 12.1 Å². The molecule has 2 aromatic heterocycles. The van der Waals surface area contributed by atoms with Crippen molar-refractivity contribution in [3.8, 4) is 5.88 Å². The number of pyridine rings is 1. The number of carbonyl (C=O) groups excluding carboxylic acids is 1. The van der Waals surface area contributed by atoms with Crippen molar-refractivity contribution in [2.75, 3.05) is 13.0 Å². The van der Waals surface area contributed by atoms with Crippen LogP contribution < -0.4 is 10.5 Å². The first kappa shape index (κ1) is 15.6. The Balaban J connectivity index is 2.23. The third-order valence-electron chi connectivity index (χ3n) is 3.23. The number of fused-ring (bicyclic) bond motifs is 1. The van der Waals surface area contributed by atoms with Crippen LogP contribution in [0, 0.1) is 0 Å². The van der Waals surface area contributed by atoms with E-state index in [1.807, 2.05) is 10.6 Å². The van der Waals surface area contributed by atoms with E-state index in [0.717, 1.165) is 36.4 Å². The summed E-state index contributed by atoms with van der Waals surface area (Å²) in [5, 5.41) is 0. The summed E-state index contributed by atoms with van der Waals surface area (Å²) in [5.41, 5.74) is 6.76. The third kappa shape index (κ3) is 3.85. The van der Waals surface area contributed by atoms with Gasteiger partial charge >= 0.3 is 0 Å². The lowest BCUT2D eigenvalue weighted by Gasteiger charge is -2.08. The van der Waals surface area contributed by atoms with Crippen LogP contribution in [0.2, 0.25) is 0 Å². The number of unbranched alkanes of at least 4 members (excludes halogenated alkanes) is 1. The summed E-state index contributed by atoms with van der Waals surface area (Å²) < 4.78 is 7.21. The number of primary amides is 1. The molecule has 0 radical (unpaired) electrons. The zero-order chi connectivity index (χ0) is 15.2. The topological polar surface area (TPSA) is 83.0 Å². The fourth-order valence-electron chi connectivity index (χ4n) is 2.22. The van der Waals surface area contributed by atoms with Crippen molar-refractivity contribution >= 4 is 28.7 Å². The Morgan fingerprint density at radius 2 is 2.19 bits per heavy atom. The third-order valence-corrected chi connectivity index (χ3v) is 3.42. The molecular formula is C14H19ClN4O2. The first-order chi connectivity index (χ1) is 10.2. The number of amides is 1. The summed E-state index contributed by atoms with van der Waals surface area (Å²) in [6.45, 7) is 0.732. The molecule has 2 heterocycles. The van der Waals surface area contributed by atoms with Crippen LogP contribution in [0.5, 0.6) is 5.88 Å². The van der Waals surface area contributed by atoms with E-state index in [2.05, 4.69) is 9.97 Å². The molecule has 0 aromatic carbocycles. The van der Waals surface area contributed by atoms with Gasteiger partial charge in [-0.3, -0.25) is 4.79 Å². The molecule has 2 aromatic rings. The van der Waals surface area contributed by atoms with Gasteiger partial charge in [-0.05, 0) is 18.9 Å². The van der Waals surface area contributed by atoms with E-state index in [9.17, 15) is 4.79 Å². The highest BCUT2D eigenvalue weighted by atomic mass is 35.5. The number of alkyl halides is 1. The molecule has 0 aliphatic carbocycles. The molecule has 0 unspecified atom stereocenters. The van der Waals surface area contributed by atoms with Crippen LogP contribution in [-0.2, 0) is 17.8 Å². The lowest BCUT2D eigenvalue weighted by atomic mass is 10.2. The van der Waals surface area contributed by atoms with Gasteiger partial charge in [0, 0.05) is 31.3 Å². The summed E-state index contributed by atoms with van der Waals surface area (Å²) in [5.74, 6) is 1.69. The molecule has 0 fully saturated rings. The summed E-state index contributed by atoms with van der Waals surface area (Å²) in [6, 6.07) is 3.68. The standard InChI is InChI=1S/C14H19ClN4O2/c1-21-13-6-5-10-14(18-13)19(12(17-10)7-8-15)9-3-2-4-11(16)20/h5-6H,2-4,7-9H2,1H3,(H2,16,20). The smallest absolute Gasteiger partial charge is 0.217 e. The number of nitrogens with two attached hydrogens (primary N) is 1. The number of nitrogens with zero attached hydrogens (tertiary/aromatic N) is 3. The number of rotatable bonds is 8. The number of aryl methyl sites for hydroxylation is 2. The molecule has 6 nitrogen and oxygen atoms in total. The number of methoxy groups -OCH3 is 1. The van der Waals surface area contributed by atoms with Gasteiger partial charge in [-0.1, -0.05) is 0 Å². The van der Waals surface area contributed by atoms with E-state index in [0.29, 0.717) is 24.6 Å². The average Bonchev–Trinajstić information content (AvgIpc) is 2.80. The molecule has 0 aliphatic heterocycles. The number of aromatic nitrogens is 3. The molecular weight excluding hydrogens is 292 g/mol. The van der Waals surface area contributed by atoms with Crippen LogP contribution >= 0.6 is 11.6 Å². The van der Waals surface area contributed by atoms with Gasteiger partial charge in [0.15, 0.2) is 5.65 Å². The number of halogens is 1. The molecule has 21 heavy (non-hydrogen) atoms. The predicted octanol–water partition coefficient (Wildman–Crippen LogP) is 1.88. The fourth-order valence-corrected chi connectivity index (χ4v) is 2.39. The van der Waals surface area contributed by atoms with E-state index in [1.165, 1.54) is 0 Å². The largest absolute Gasteiger partial charge is 0.481 e. The fraction of sp³-hybridized carbons (Fsp3) is 0.500. The van der Waals surface area contributed by atoms with Crippen molar-refractivity contribution < 1.29 is 9.53 Å². The minimum absolute atomic E-state index is 0.272. The summed E-state index contributed by atoms with van der Waals surface area (Å²) in [7, 11) is 1.58. The Bertz CT molecular complexity index is 627. The van der Waals surface area contributed by atoms with Gasteiger partial charge in [-0.15, -0.1) is 11.6 Å². The zero-order valence-electron chi connectivity index (χ0n) is 12.0. The minimum atomic E-state index is -0.272. The van der Waals surface area contributed by atoms with Gasteiger partial charge in [0.2, 0.25) is 11.8 Å². The summed E-state index contributed by atoms with van der Waals surface area (Å²) in [6.07, 6.45) is 2.66. The number of imidazole rings is 1. The van der Waals surface area contributed by atoms with Crippen LogP contribution in [0.25, 0.3) is 11.2 Å². The summed E-state index contributed by atoms with van der Waals surface area (Å²) in [4.78, 5) is 19.8. The Morgan fingerprint density at radius 1 is 1.38 bits per heavy atom. The van der Waals surface area contributed by atoms with Gasteiger partial charge in [0.25, 0.3) is 0 Å². The van der Waals surface area contributed by atoms with E-state index >= 15 is 0 Å². The van der Waals surface area contributed by atoms with Crippen LogP contribution in [0.4, 0.5) is 0 Å². The maximum atomic E-state index is 10.8. The Kier molecular flexibility index (Phi) is 5.38. The molecule has 7 heteroatoms. The monoisotopic (exact) mass is 310 g/mol. The summed E-state index contributed by atoms with van der Waals surface area (Å²) >= 11 is 5.84. The molecule has 0 atom stereocenters. The maximum absolute atomic E-state index is 10.8. The van der Waals surface area contributed by atoms with Gasteiger partial charge in [-0.25, -0.2) is 4.98 Å². The van der Waals surface area contributed by atoms with E-state index in [-0.39, 0.29) is 5.91 Å². The second kappa shape index (κ2) is 7.26. The van der Waals surface area contributed by atoms with Crippen molar-refractivity contribution in [1.82, 2.24) is 14.5 Å². The van der Waals surface area contributed by atoms with E-state index < -0.39 is 0 Å². The highest BCUT2D eigenvalue weighted by Gasteiger charge is 2.12. The molecule has 0 saturated heterocycles. The maximum Gasteiger partial charge on any atom is 0.217 e. The quantitative estimate of drug-likeness (QED) is 0.596. The lowest BCUT2D eigenvalue weighted by molar-refractivity contribution is -0.118. The van der Waals surface area contributed by atoms with E-state index in [1.54, 1.807) is 13.2 Å². The first-order valence-corrected chi connectivity index (χ1v) is 7.43. The minimum Gasteiger partial charge on any atom is -0.481 e. The van der Waals surface area contributed by atoms with Gasteiger partial charge < -0.3 is 15.0 Å². The van der Waals surface area contributed by atoms with Gasteiger partial charge in [-0.2, -0.15) is 4.98 Å². The molecule has 114 valence electrons. The molecule has 2 N–H and O–H groups in total. The Labute approximate surface area is 128 Å². The first-order valence-electron chi connectivity index (χ1n) is 6.90. The van der Waals surface area contributed by atoms with Gasteiger partial charge in [0.1, 0.15) is 11.3 Å². The van der Waals surface area contributed by atoms with E-state index in [4.69, 9.17) is 22.1 Å². The van der Waals surface area contributed by atoms with Gasteiger partial charge in [0.05, 0.1) is 7.11 Å². The average molecular weight is 311 g/mol. The molecule has 0 aliphatic rings. The van der Waals surface area contributed by atoms with Crippen LogP contribution in [0.1, 0.15) is 25.1 Å². The normalized spacial score (nSPS) is 11.0.